The van der Waals surface area contributed by atoms with Gasteiger partial charge >= 0.3 is 0 Å². The van der Waals surface area contributed by atoms with Crippen LogP contribution in [0.3, 0.4) is 0 Å². The monoisotopic (exact) mass is 222 g/mol. The maximum absolute atomic E-state index is 3.76. The minimum atomic E-state index is 0.436. The Morgan fingerprint density at radius 1 is 1.25 bits per heavy atom. The number of allylic oxidation sites excluding steroid dienone is 1. The quantitative estimate of drug-likeness (QED) is 0.735. The number of nitrogens with one attached hydrogen (secondary N) is 1. The van der Waals surface area contributed by atoms with Crippen LogP contribution in [0.15, 0.2) is 12.2 Å². The highest BCUT2D eigenvalue weighted by molar-refractivity contribution is 5.01. The van der Waals surface area contributed by atoms with Crippen molar-refractivity contribution in [3.8, 4) is 0 Å². The molecule has 2 nitrogen and oxygen atoms in total. The van der Waals surface area contributed by atoms with Crippen LogP contribution >= 0.6 is 0 Å². The average molecular weight is 222 g/mol. The predicted octanol–water partition coefficient (Wildman–Crippen LogP) is 2.56. The van der Waals surface area contributed by atoms with Gasteiger partial charge in [-0.15, -0.1) is 0 Å². The van der Waals surface area contributed by atoms with E-state index in [1.807, 2.05) is 0 Å². The van der Waals surface area contributed by atoms with Gasteiger partial charge in [0.25, 0.3) is 0 Å². The summed E-state index contributed by atoms with van der Waals surface area (Å²) in [6.07, 6.45) is 14.2. The van der Waals surface area contributed by atoms with Crippen LogP contribution in [0, 0.1) is 0 Å². The topological polar surface area (TPSA) is 15.3 Å². The molecule has 0 saturated heterocycles. The van der Waals surface area contributed by atoms with Gasteiger partial charge < -0.3 is 10.2 Å². The van der Waals surface area contributed by atoms with Crippen molar-refractivity contribution in [3.63, 3.8) is 0 Å². The lowest BCUT2D eigenvalue weighted by Gasteiger charge is -2.38. The van der Waals surface area contributed by atoms with Crippen molar-refractivity contribution < 1.29 is 0 Å². The van der Waals surface area contributed by atoms with Gasteiger partial charge in [0.2, 0.25) is 0 Å². The van der Waals surface area contributed by atoms with Gasteiger partial charge in [-0.3, -0.25) is 0 Å². The Hall–Kier alpha value is -0.340. The molecule has 1 unspecified atom stereocenters. The number of hydrogen-bond donors (Lipinski definition) is 1. The van der Waals surface area contributed by atoms with Crippen molar-refractivity contribution in [1.29, 1.82) is 0 Å². The van der Waals surface area contributed by atoms with Crippen molar-refractivity contribution >= 4 is 0 Å². The third-order valence-electron chi connectivity index (χ3n) is 4.43. The zero-order chi connectivity index (χ0) is 11.4. The SMILES string of the molecule is CN(C)C1(CNC2C=CCCC2)CCCC1. The van der Waals surface area contributed by atoms with E-state index in [0.29, 0.717) is 11.6 Å². The molecule has 2 aliphatic carbocycles. The largest absolute Gasteiger partial charge is 0.309 e. The van der Waals surface area contributed by atoms with E-state index < -0.39 is 0 Å². The molecule has 0 aromatic carbocycles. The second kappa shape index (κ2) is 5.33. The van der Waals surface area contributed by atoms with Gasteiger partial charge in [0.05, 0.1) is 0 Å². The Balaban J connectivity index is 1.86. The molecular weight excluding hydrogens is 196 g/mol. The van der Waals surface area contributed by atoms with Crippen LogP contribution in [-0.4, -0.2) is 37.1 Å². The molecule has 2 heteroatoms. The molecule has 0 bridgehead atoms. The lowest BCUT2D eigenvalue weighted by molar-refractivity contribution is 0.150. The second-order valence-corrected chi connectivity index (χ2v) is 5.67. The first kappa shape index (κ1) is 12.1. The molecule has 16 heavy (non-hydrogen) atoms. The molecule has 0 radical (unpaired) electrons. The predicted molar refractivity (Wildman–Crippen MR) is 69.7 cm³/mol. The normalized spacial score (nSPS) is 28.8. The Bertz CT molecular complexity index is 239. The van der Waals surface area contributed by atoms with Crippen molar-refractivity contribution in [2.75, 3.05) is 20.6 Å². The van der Waals surface area contributed by atoms with Crippen molar-refractivity contribution in [2.24, 2.45) is 0 Å². The molecule has 1 N–H and O–H groups in total. The number of rotatable bonds is 4. The fourth-order valence-electron chi connectivity index (χ4n) is 3.12. The second-order valence-electron chi connectivity index (χ2n) is 5.67. The summed E-state index contributed by atoms with van der Waals surface area (Å²) in [6, 6.07) is 0.631. The summed E-state index contributed by atoms with van der Waals surface area (Å²) in [4.78, 5) is 2.44. The van der Waals surface area contributed by atoms with Gasteiger partial charge in [-0.25, -0.2) is 0 Å². The molecule has 0 aromatic heterocycles. The zero-order valence-corrected chi connectivity index (χ0v) is 10.8. The number of nitrogens with zero attached hydrogens (tertiary/aromatic N) is 1. The number of likely N-dealkylation sites (N-methyl/N-ethyl adjacent to an activating group) is 1. The fraction of sp³-hybridized carbons (Fsp3) is 0.857. The molecule has 1 saturated carbocycles. The fourth-order valence-corrected chi connectivity index (χ4v) is 3.12. The third kappa shape index (κ3) is 2.67. The van der Waals surface area contributed by atoms with E-state index in [0.717, 1.165) is 6.54 Å². The van der Waals surface area contributed by atoms with E-state index in [9.17, 15) is 0 Å². The van der Waals surface area contributed by atoms with E-state index in [1.165, 1.54) is 44.9 Å². The molecule has 0 heterocycles. The highest BCUT2D eigenvalue weighted by atomic mass is 15.2. The minimum Gasteiger partial charge on any atom is -0.309 e. The summed E-state index contributed by atoms with van der Waals surface area (Å²) in [7, 11) is 4.48. The smallest absolute Gasteiger partial charge is 0.0328 e. The molecule has 1 fully saturated rings. The van der Waals surface area contributed by atoms with Crippen LogP contribution in [0.2, 0.25) is 0 Å². The lowest BCUT2D eigenvalue weighted by atomic mass is 9.94. The van der Waals surface area contributed by atoms with Crippen LogP contribution < -0.4 is 5.32 Å². The van der Waals surface area contributed by atoms with E-state index in [2.05, 4.69) is 36.5 Å². The Morgan fingerprint density at radius 3 is 2.56 bits per heavy atom. The van der Waals surface area contributed by atoms with Crippen LogP contribution in [0.25, 0.3) is 0 Å². The molecule has 0 aliphatic heterocycles. The van der Waals surface area contributed by atoms with E-state index in [4.69, 9.17) is 0 Å². The van der Waals surface area contributed by atoms with Crippen molar-refractivity contribution in [2.45, 2.75) is 56.5 Å². The lowest BCUT2D eigenvalue weighted by Crippen LogP contribution is -2.51. The maximum atomic E-state index is 3.76. The van der Waals surface area contributed by atoms with E-state index in [1.54, 1.807) is 0 Å². The Labute approximate surface area is 100 Å². The first-order chi connectivity index (χ1) is 7.73. The molecule has 0 amide bonds. The average Bonchev–Trinajstić information content (AvgIpc) is 2.78. The Morgan fingerprint density at radius 2 is 2.00 bits per heavy atom. The van der Waals surface area contributed by atoms with E-state index >= 15 is 0 Å². The van der Waals surface area contributed by atoms with E-state index in [-0.39, 0.29) is 0 Å². The highest BCUT2D eigenvalue weighted by Gasteiger charge is 2.35. The van der Waals surface area contributed by atoms with Crippen LogP contribution in [0.1, 0.15) is 44.9 Å². The molecule has 2 aliphatic rings. The summed E-state index contributed by atoms with van der Waals surface area (Å²) < 4.78 is 0. The van der Waals surface area contributed by atoms with Crippen LogP contribution in [0.4, 0.5) is 0 Å². The zero-order valence-electron chi connectivity index (χ0n) is 10.8. The van der Waals surface area contributed by atoms with Crippen molar-refractivity contribution in [1.82, 2.24) is 10.2 Å². The van der Waals surface area contributed by atoms with Gasteiger partial charge in [-0.2, -0.15) is 0 Å². The third-order valence-corrected chi connectivity index (χ3v) is 4.43. The standard InChI is InChI=1S/C14H26N2/c1-16(2)14(10-6-7-11-14)12-15-13-8-4-3-5-9-13/h4,8,13,15H,3,5-7,9-12H2,1-2H3. The van der Waals surface area contributed by atoms with Gasteiger partial charge in [-0.05, 0) is 46.2 Å². The molecule has 0 aromatic rings. The van der Waals surface area contributed by atoms with Gasteiger partial charge in [0.15, 0.2) is 0 Å². The molecule has 2 rings (SSSR count). The molecular formula is C14H26N2. The maximum Gasteiger partial charge on any atom is 0.0328 e. The molecule has 1 atom stereocenters. The number of hydrogen-bond acceptors (Lipinski definition) is 2. The first-order valence-corrected chi connectivity index (χ1v) is 6.80. The summed E-state index contributed by atoms with van der Waals surface area (Å²) in [5, 5.41) is 3.76. The summed E-state index contributed by atoms with van der Waals surface area (Å²) in [6.45, 7) is 1.16. The Kier molecular flexibility index (Phi) is 4.04. The van der Waals surface area contributed by atoms with Crippen LogP contribution in [0.5, 0.6) is 0 Å². The van der Waals surface area contributed by atoms with Gasteiger partial charge in [0, 0.05) is 18.1 Å². The van der Waals surface area contributed by atoms with Gasteiger partial charge in [-0.1, -0.05) is 25.0 Å². The highest BCUT2D eigenvalue weighted by Crippen LogP contribution is 2.33. The summed E-state index contributed by atoms with van der Waals surface area (Å²) >= 11 is 0. The van der Waals surface area contributed by atoms with Crippen LogP contribution in [-0.2, 0) is 0 Å². The minimum absolute atomic E-state index is 0.436. The summed E-state index contributed by atoms with van der Waals surface area (Å²) in [5.41, 5.74) is 0.436. The molecule has 92 valence electrons. The summed E-state index contributed by atoms with van der Waals surface area (Å²) in [5.74, 6) is 0. The first-order valence-electron chi connectivity index (χ1n) is 6.80. The van der Waals surface area contributed by atoms with Crippen molar-refractivity contribution in [3.05, 3.63) is 12.2 Å². The molecule has 0 spiro atoms. The van der Waals surface area contributed by atoms with Gasteiger partial charge in [0.1, 0.15) is 0 Å².